The number of amides is 2. The molecule has 1 N–H and O–H groups in total. The Hall–Kier alpha value is -3.36. The van der Waals surface area contributed by atoms with Crippen LogP contribution in [0.5, 0.6) is 0 Å². The molecular formula is C34H42ClN3O4S. The van der Waals surface area contributed by atoms with E-state index in [0.29, 0.717) is 23.6 Å². The largest absolute Gasteiger partial charge is 0.352 e. The lowest BCUT2D eigenvalue weighted by molar-refractivity contribution is -0.141. The van der Waals surface area contributed by atoms with Gasteiger partial charge < -0.3 is 10.2 Å². The van der Waals surface area contributed by atoms with Crippen LogP contribution in [0.1, 0.15) is 62.1 Å². The normalized spacial score (nSPS) is 14.3. The first-order chi connectivity index (χ1) is 20.6. The number of hydrogen-bond donors (Lipinski definition) is 1. The summed E-state index contributed by atoms with van der Waals surface area (Å²) in [7, 11) is -3.56. The van der Waals surface area contributed by atoms with E-state index in [4.69, 9.17) is 11.6 Å². The van der Waals surface area contributed by atoms with Gasteiger partial charge in [0.05, 0.1) is 11.9 Å². The van der Waals surface area contributed by atoms with Gasteiger partial charge in [-0.25, -0.2) is 8.42 Å². The van der Waals surface area contributed by atoms with Gasteiger partial charge in [-0.05, 0) is 66.6 Å². The van der Waals surface area contributed by atoms with Gasteiger partial charge in [0, 0.05) is 37.0 Å². The van der Waals surface area contributed by atoms with Crippen molar-refractivity contribution >= 4 is 39.1 Å². The Labute approximate surface area is 261 Å². The van der Waals surface area contributed by atoms with Crippen LogP contribution in [0.3, 0.4) is 0 Å². The van der Waals surface area contributed by atoms with Crippen molar-refractivity contribution in [1.82, 2.24) is 10.2 Å². The lowest BCUT2D eigenvalue weighted by Gasteiger charge is -2.33. The zero-order valence-corrected chi connectivity index (χ0v) is 26.6. The van der Waals surface area contributed by atoms with Crippen LogP contribution in [0.4, 0.5) is 5.69 Å². The fraction of sp³-hybridized carbons (Fsp3) is 0.412. The van der Waals surface area contributed by atoms with Crippen molar-refractivity contribution in [3.63, 3.8) is 0 Å². The SMILES string of the molecule is CCc1ccc(N(CCCC(=O)N(Cc2cccc(Cl)c2)[C@H](Cc2ccccc2)C(=O)NC2CCCC2)S(C)(=O)=O)cc1. The Kier molecular flexibility index (Phi) is 11.7. The molecule has 0 radical (unpaired) electrons. The molecule has 230 valence electrons. The molecule has 4 rings (SSSR count). The fourth-order valence-electron chi connectivity index (χ4n) is 5.66. The predicted octanol–water partition coefficient (Wildman–Crippen LogP) is 6.15. The number of benzene rings is 3. The van der Waals surface area contributed by atoms with E-state index in [2.05, 4.69) is 5.32 Å². The van der Waals surface area contributed by atoms with Gasteiger partial charge in [-0.1, -0.05) is 86.0 Å². The van der Waals surface area contributed by atoms with E-state index in [1.54, 1.807) is 23.1 Å². The third kappa shape index (κ3) is 9.57. The molecule has 0 saturated heterocycles. The number of rotatable bonds is 14. The highest BCUT2D eigenvalue weighted by Crippen LogP contribution is 2.23. The van der Waals surface area contributed by atoms with E-state index in [0.717, 1.165) is 48.8 Å². The van der Waals surface area contributed by atoms with Crippen LogP contribution in [-0.2, 0) is 39.0 Å². The molecule has 0 aromatic heterocycles. The smallest absolute Gasteiger partial charge is 0.243 e. The summed E-state index contributed by atoms with van der Waals surface area (Å²) in [5, 5.41) is 3.76. The summed E-state index contributed by atoms with van der Waals surface area (Å²) < 4.78 is 26.7. The Morgan fingerprint density at radius 3 is 2.23 bits per heavy atom. The van der Waals surface area contributed by atoms with Gasteiger partial charge in [0.2, 0.25) is 21.8 Å². The summed E-state index contributed by atoms with van der Waals surface area (Å²) in [6, 6.07) is 23.8. The summed E-state index contributed by atoms with van der Waals surface area (Å²) in [5.74, 6) is -0.378. The number of carbonyl (C=O) groups is 2. The third-order valence-corrected chi connectivity index (χ3v) is 9.43. The maximum absolute atomic E-state index is 14.0. The van der Waals surface area contributed by atoms with E-state index < -0.39 is 16.1 Å². The topological polar surface area (TPSA) is 86.8 Å². The molecule has 7 nitrogen and oxygen atoms in total. The standard InChI is InChI=1S/C34H42ClN3O4S/c1-3-26-18-20-31(21-19-26)38(43(2,41)42)22-10-17-33(39)37(25-28-13-9-14-29(35)23-28)32(24-27-11-5-4-6-12-27)34(40)36-30-15-7-8-16-30/h4-6,9,11-14,18-21,23,30,32H,3,7-8,10,15-17,22,24-25H2,1-2H3,(H,36,40)/t32-/m1/s1. The van der Waals surface area contributed by atoms with E-state index >= 15 is 0 Å². The van der Waals surface area contributed by atoms with E-state index in [-0.39, 0.29) is 37.4 Å². The second-order valence-electron chi connectivity index (χ2n) is 11.3. The number of aryl methyl sites for hydroxylation is 1. The van der Waals surface area contributed by atoms with Gasteiger partial charge >= 0.3 is 0 Å². The van der Waals surface area contributed by atoms with E-state index in [9.17, 15) is 18.0 Å². The second kappa shape index (κ2) is 15.4. The average Bonchev–Trinajstić information content (AvgIpc) is 3.50. The third-order valence-electron chi connectivity index (χ3n) is 8.00. The number of carbonyl (C=O) groups excluding carboxylic acids is 2. The molecule has 0 aliphatic heterocycles. The van der Waals surface area contributed by atoms with Crippen molar-refractivity contribution < 1.29 is 18.0 Å². The van der Waals surface area contributed by atoms with Crippen molar-refractivity contribution in [2.75, 3.05) is 17.1 Å². The predicted molar refractivity (Wildman–Crippen MR) is 174 cm³/mol. The Bertz CT molecular complexity index is 1460. The molecule has 2 amide bonds. The summed E-state index contributed by atoms with van der Waals surface area (Å²) in [4.78, 5) is 29.5. The molecule has 43 heavy (non-hydrogen) atoms. The number of halogens is 1. The lowest BCUT2D eigenvalue weighted by atomic mass is 10.0. The van der Waals surface area contributed by atoms with Crippen molar-refractivity contribution in [1.29, 1.82) is 0 Å². The Morgan fingerprint density at radius 1 is 0.930 bits per heavy atom. The minimum atomic E-state index is -3.56. The first-order valence-electron chi connectivity index (χ1n) is 15.1. The van der Waals surface area contributed by atoms with E-state index in [1.165, 1.54) is 10.6 Å². The molecule has 0 bridgehead atoms. The van der Waals surface area contributed by atoms with Crippen molar-refractivity contribution in [2.45, 2.75) is 76.9 Å². The zero-order chi connectivity index (χ0) is 30.8. The number of nitrogens with zero attached hydrogens (tertiary/aromatic N) is 2. The Morgan fingerprint density at radius 2 is 1.60 bits per heavy atom. The number of anilines is 1. The average molecular weight is 624 g/mol. The monoisotopic (exact) mass is 623 g/mol. The van der Waals surface area contributed by atoms with Crippen molar-refractivity contribution in [3.05, 3.63) is 101 Å². The van der Waals surface area contributed by atoms with Crippen molar-refractivity contribution in [3.8, 4) is 0 Å². The van der Waals surface area contributed by atoms with Gasteiger partial charge in [-0.15, -0.1) is 0 Å². The number of sulfonamides is 1. The van der Waals surface area contributed by atoms with Crippen LogP contribution in [0.15, 0.2) is 78.9 Å². The number of nitrogens with one attached hydrogen (secondary N) is 1. The zero-order valence-electron chi connectivity index (χ0n) is 25.0. The molecule has 1 fully saturated rings. The van der Waals surface area contributed by atoms with Crippen LogP contribution in [0.25, 0.3) is 0 Å². The van der Waals surface area contributed by atoms with Gasteiger partial charge in [-0.2, -0.15) is 0 Å². The maximum atomic E-state index is 14.0. The summed E-state index contributed by atoms with van der Waals surface area (Å²) >= 11 is 6.29. The van der Waals surface area contributed by atoms with Gasteiger partial charge in [0.25, 0.3) is 0 Å². The van der Waals surface area contributed by atoms with Gasteiger partial charge in [-0.3, -0.25) is 13.9 Å². The van der Waals surface area contributed by atoms with Crippen LogP contribution >= 0.6 is 11.6 Å². The van der Waals surface area contributed by atoms with Crippen molar-refractivity contribution in [2.24, 2.45) is 0 Å². The van der Waals surface area contributed by atoms with Crippen LogP contribution in [-0.4, -0.2) is 50.0 Å². The number of hydrogen-bond acceptors (Lipinski definition) is 4. The van der Waals surface area contributed by atoms with Gasteiger partial charge in [0.1, 0.15) is 6.04 Å². The Balaban J connectivity index is 1.57. The minimum absolute atomic E-state index is 0.0849. The first-order valence-corrected chi connectivity index (χ1v) is 17.3. The molecule has 9 heteroatoms. The molecule has 1 atom stereocenters. The highest BCUT2D eigenvalue weighted by molar-refractivity contribution is 7.92. The summed E-state index contributed by atoms with van der Waals surface area (Å²) in [6.45, 7) is 2.41. The molecule has 0 heterocycles. The molecule has 1 saturated carbocycles. The van der Waals surface area contributed by atoms with Crippen LogP contribution in [0, 0.1) is 0 Å². The highest BCUT2D eigenvalue weighted by Gasteiger charge is 2.32. The molecule has 3 aromatic carbocycles. The second-order valence-corrected chi connectivity index (χ2v) is 13.6. The maximum Gasteiger partial charge on any atom is 0.243 e. The molecule has 3 aromatic rings. The summed E-state index contributed by atoms with van der Waals surface area (Å²) in [5.41, 5.74) is 3.46. The molecule has 0 unspecified atom stereocenters. The molecule has 0 spiro atoms. The highest BCUT2D eigenvalue weighted by atomic mass is 35.5. The van der Waals surface area contributed by atoms with Crippen LogP contribution in [0.2, 0.25) is 5.02 Å². The van der Waals surface area contributed by atoms with Crippen LogP contribution < -0.4 is 9.62 Å². The first kappa shape index (κ1) is 32.6. The quantitative estimate of drug-likeness (QED) is 0.233. The fourth-order valence-corrected chi connectivity index (χ4v) is 6.83. The minimum Gasteiger partial charge on any atom is -0.352 e. The summed E-state index contributed by atoms with van der Waals surface area (Å²) in [6.07, 6.45) is 6.82. The van der Waals surface area contributed by atoms with Gasteiger partial charge in [0.15, 0.2) is 0 Å². The molecule has 1 aliphatic carbocycles. The van der Waals surface area contributed by atoms with E-state index in [1.807, 2.05) is 67.6 Å². The molecule has 1 aliphatic rings. The molecular weight excluding hydrogens is 582 g/mol. The lowest BCUT2D eigenvalue weighted by Crippen LogP contribution is -2.52.